The van der Waals surface area contributed by atoms with E-state index in [2.05, 4.69) is 31.3 Å². The van der Waals surface area contributed by atoms with Crippen LogP contribution in [0.1, 0.15) is 54.9 Å². The summed E-state index contributed by atoms with van der Waals surface area (Å²) in [7, 11) is 0. The van der Waals surface area contributed by atoms with Crippen LogP contribution in [0.15, 0.2) is 48.5 Å². The zero-order valence-corrected chi connectivity index (χ0v) is 18.9. The van der Waals surface area contributed by atoms with Crippen LogP contribution in [-0.2, 0) is 4.79 Å². The van der Waals surface area contributed by atoms with Gasteiger partial charge in [0.15, 0.2) is 0 Å². The molecule has 160 valence electrons. The Labute approximate surface area is 188 Å². The average molecular weight is 447 g/mol. The van der Waals surface area contributed by atoms with Gasteiger partial charge in [-0.25, -0.2) is 0 Å². The molecule has 1 aliphatic heterocycles. The quantitative estimate of drug-likeness (QED) is 0.632. The van der Waals surface area contributed by atoms with Gasteiger partial charge in [0.1, 0.15) is 6.04 Å². The monoisotopic (exact) mass is 446 g/mol. The van der Waals surface area contributed by atoms with Crippen molar-refractivity contribution in [2.75, 3.05) is 13.1 Å². The summed E-state index contributed by atoms with van der Waals surface area (Å²) in [6, 6.07) is 14.3. The number of carbonyl (C=O) groups excluding carboxylic acids is 2. The van der Waals surface area contributed by atoms with Gasteiger partial charge in [-0.1, -0.05) is 61.3 Å². The third-order valence-electron chi connectivity index (χ3n) is 5.58. The Hall–Kier alpha value is -2.04. The molecule has 2 aromatic rings. The number of carbonyl (C=O) groups is 2. The Bertz CT molecular complexity index is 875. The van der Waals surface area contributed by atoms with Gasteiger partial charge >= 0.3 is 0 Å². The van der Waals surface area contributed by atoms with Crippen LogP contribution < -0.4 is 5.32 Å². The van der Waals surface area contributed by atoms with Crippen LogP contribution in [0.5, 0.6) is 0 Å². The first-order valence-corrected chi connectivity index (χ1v) is 11.2. The molecule has 0 spiro atoms. The molecule has 0 radical (unpaired) electrons. The first-order chi connectivity index (χ1) is 14.3. The molecular weight excluding hydrogens is 419 g/mol. The summed E-state index contributed by atoms with van der Waals surface area (Å²) in [5, 5.41) is 4.04. The summed E-state index contributed by atoms with van der Waals surface area (Å²) in [4.78, 5) is 27.8. The largest absolute Gasteiger partial charge is 0.341 e. The summed E-state index contributed by atoms with van der Waals surface area (Å²) in [6.07, 6.45) is 2.40. The van der Waals surface area contributed by atoms with E-state index < -0.39 is 6.04 Å². The Kier molecular flexibility index (Phi) is 7.79. The third-order valence-corrected chi connectivity index (χ3v) is 6.16. The molecule has 2 aromatic carbocycles. The van der Waals surface area contributed by atoms with Crippen molar-refractivity contribution in [1.29, 1.82) is 0 Å². The zero-order chi connectivity index (χ0) is 21.7. The molecule has 1 unspecified atom stereocenters. The van der Waals surface area contributed by atoms with E-state index in [0.717, 1.165) is 17.9 Å². The van der Waals surface area contributed by atoms with Crippen molar-refractivity contribution in [1.82, 2.24) is 10.2 Å². The van der Waals surface area contributed by atoms with Crippen LogP contribution in [0.4, 0.5) is 0 Å². The van der Waals surface area contributed by atoms with E-state index in [1.807, 2.05) is 17.0 Å². The molecule has 6 heteroatoms. The highest BCUT2D eigenvalue weighted by Gasteiger charge is 2.30. The molecule has 1 heterocycles. The Morgan fingerprint density at radius 3 is 2.27 bits per heavy atom. The van der Waals surface area contributed by atoms with Crippen LogP contribution in [0.3, 0.4) is 0 Å². The van der Waals surface area contributed by atoms with Crippen molar-refractivity contribution in [3.8, 4) is 0 Å². The van der Waals surface area contributed by atoms with Gasteiger partial charge in [-0.2, -0.15) is 0 Å². The number of nitrogens with one attached hydrogen (secondary N) is 1. The van der Waals surface area contributed by atoms with E-state index in [0.29, 0.717) is 36.0 Å². The molecule has 1 fully saturated rings. The molecule has 3 rings (SSSR count). The lowest BCUT2D eigenvalue weighted by Crippen LogP contribution is -2.51. The van der Waals surface area contributed by atoms with Gasteiger partial charge in [0, 0.05) is 18.1 Å². The van der Waals surface area contributed by atoms with Gasteiger partial charge < -0.3 is 10.2 Å². The predicted octanol–water partition coefficient (Wildman–Crippen LogP) is 5.54. The SMILES string of the molecule is CC(C)CC(NC(=O)c1ccccc1Cl)C(=O)N1CCC(c2ccc(Cl)cc2)CC1. The summed E-state index contributed by atoms with van der Waals surface area (Å²) in [5.41, 5.74) is 1.65. The number of benzene rings is 2. The molecule has 0 aliphatic carbocycles. The van der Waals surface area contributed by atoms with Crippen LogP contribution in [0.2, 0.25) is 10.0 Å². The molecule has 1 aliphatic rings. The average Bonchev–Trinajstić information content (AvgIpc) is 2.73. The molecule has 4 nitrogen and oxygen atoms in total. The number of likely N-dealkylation sites (tertiary alicyclic amines) is 1. The number of piperidine rings is 1. The summed E-state index contributed by atoms with van der Waals surface area (Å²) in [5.74, 6) is 0.374. The minimum absolute atomic E-state index is 0.0151. The molecule has 1 saturated heterocycles. The molecule has 1 atom stereocenters. The van der Waals surface area contributed by atoms with Gasteiger partial charge in [-0.05, 0) is 60.9 Å². The van der Waals surface area contributed by atoms with Crippen molar-refractivity contribution >= 4 is 35.0 Å². The number of halogens is 2. The van der Waals surface area contributed by atoms with E-state index in [4.69, 9.17) is 23.2 Å². The van der Waals surface area contributed by atoms with E-state index in [1.54, 1.807) is 24.3 Å². The van der Waals surface area contributed by atoms with Crippen molar-refractivity contribution in [2.45, 2.75) is 45.1 Å². The van der Waals surface area contributed by atoms with Gasteiger partial charge in [0.25, 0.3) is 5.91 Å². The fourth-order valence-corrected chi connectivity index (χ4v) is 4.31. The van der Waals surface area contributed by atoms with Crippen LogP contribution in [-0.4, -0.2) is 35.8 Å². The normalized spacial score (nSPS) is 15.8. The number of amides is 2. The highest BCUT2D eigenvalue weighted by molar-refractivity contribution is 6.33. The molecule has 0 saturated carbocycles. The van der Waals surface area contributed by atoms with Crippen molar-refractivity contribution in [2.24, 2.45) is 5.92 Å². The Balaban J connectivity index is 1.64. The Morgan fingerprint density at radius 1 is 1.03 bits per heavy atom. The van der Waals surface area contributed by atoms with Crippen molar-refractivity contribution < 1.29 is 9.59 Å². The van der Waals surface area contributed by atoms with Crippen molar-refractivity contribution in [3.05, 3.63) is 69.7 Å². The molecule has 0 aromatic heterocycles. The van der Waals surface area contributed by atoms with Crippen LogP contribution >= 0.6 is 23.2 Å². The predicted molar refractivity (Wildman–Crippen MR) is 122 cm³/mol. The van der Waals surface area contributed by atoms with Gasteiger partial charge in [0.05, 0.1) is 10.6 Å². The fraction of sp³-hybridized carbons (Fsp3) is 0.417. The summed E-state index contributed by atoms with van der Waals surface area (Å²) >= 11 is 12.1. The van der Waals surface area contributed by atoms with Gasteiger partial charge in [-0.3, -0.25) is 9.59 Å². The second-order valence-corrected chi connectivity index (χ2v) is 9.13. The highest BCUT2D eigenvalue weighted by atomic mass is 35.5. The third kappa shape index (κ3) is 5.77. The van der Waals surface area contributed by atoms with Crippen molar-refractivity contribution in [3.63, 3.8) is 0 Å². The minimum Gasteiger partial charge on any atom is -0.341 e. The minimum atomic E-state index is -0.555. The van der Waals surface area contributed by atoms with E-state index in [-0.39, 0.29) is 17.7 Å². The topological polar surface area (TPSA) is 49.4 Å². The zero-order valence-electron chi connectivity index (χ0n) is 17.4. The lowest BCUT2D eigenvalue weighted by Gasteiger charge is -2.35. The Morgan fingerprint density at radius 2 is 1.67 bits per heavy atom. The number of hydrogen-bond acceptors (Lipinski definition) is 2. The molecule has 30 heavy (non-hydrogen) atoms. The summed E-state index contributed by atoms with van der Waals surface area (Å²) in [6.45, 7) is 5.47. The van der Waals surface area contributed by atoms with Gasteiger partial charge in [-0.15, -0.1) is 0 Å². The molecule has 0 bridgehead atoms. The molecular formula is C24H28Cl2N2O2. The maximum Gasteiger partial charge on any atom is 0.253 e. The maximum absolute atomic E-state index is 13.2. The highest BCUT2D eigenvalue weighted by Crippen LogP contribution is 2.29. The van der Waals surface area contributed by atoms with Crippen LogP contribution in [0, 0.1) is 5.92 Å². The number of hydrogen-bond donors (Lipinski definition) is 1. The number of nitrogens with zero attached hydrogens (tertiary/aromatic N) is 1. The second-order valence-electron chi connectivity index (χ2n) is 8.29. The fourth-order valence-electron chi connectivity index (χ4n) is 3.96. The molecule has 1 N–H and O–H groups in total. The van der Waals surface area contributed by atoms with Crippen LogP contribution in [0.25, 0.3) is 0 Å². The van der Waals surface area contributed by atoms with E-state index in [1.165, 1.54) is 5.56 Å². The maximum atomic E-state index is 13.2. The smallest absolute Gasteiger partial charge is 0.253 e. The second kappa shape index (κ2) is 10.3. The molecule has 2 amide bonds. The first kappa shape index (κ1) is 22.6. The van der Waals surface area contributed by atoms with E-state index in [9.17, 15) is 9.59 Å². The standard InChI is InChI=1S/C24H28Cl2N2O2/c1-16(2)15-22(27-23(29)20-5-3-4-6-21(20)26)24(30)28-13-11-18(12-14-28)17-7-9-19(25)10-8-17/h3-10,16,18,22H,11-15H2,1-2H3,(H,27,29). The van der Waals surface area contributed by atoms with E-state index >= 15 is 0 Å². The summed E-state index contributed by atoms with van der Waals surface area (Å²) < 4.78 is 0. The lowest BCUT2D eigenvalue weighted by molar-refractivity contribution is -0.134. The lowest BCUT2D eigenvalue weighted by atomic mass is 9.89. The number of rotatable bonds is 6. The first-order valence-electron chi connectivity index (χ1n) is 10.4. The van der Waals surface area contributed by atoms with Gasteiger partial charge in [0.2, 0.25) is 5.91 Å².